The van der Waals surface area contributed by atoms with E-state index in [-0.39, 0.29) is 0 Å². The van der Waals surface area contributed by atoms with Crippen LogP contribution in [0.2, 0.25) is 13.3 Å². The van der Waals surface area contributed by atoms with Gasteiger partial charge in [0.1, 0.15) is 0 Å². The number of hydrogen-bond acceptors (Lipinski definition) is 9. The van der Waals surface area contributed by atoms with Crippen LogP contribution in [-0.4, -0.2) is 115 Å². The van der Waals surface area contributed by atoms with Crippen molar-refractivity contribution in [3.05, 3.63) is 5.01 Å². The Morgan fingerprint density at radius 3 is 1.97 bits per heavy atom. The Morgan fingerprint density at radius 1 is 0.795 bits per heavy atom. The van der Waals surface area contributed by atoms with Gasteiger partial charge in [0.15, 0.2) is 0 Å². The molecule has 5 rings (SSSR count). The fourth-order valence-electron chi connectivity index (χ4n) is 6.44. The molecule has 0 amide bonds. The molecule has 0 radical (unpaired) electrons. The Morgan fingerprint density at radius 2 is 1.38 bits per heavy atom. The average Bonchev–Trinajstić information content (AvgIpc) is 3.37. The van der Waals surface area contributed by atoms with Crippen molar-refractivity contribution in [1.29, 1.82) is 0 Å². The minimum atomic E-state index is -2.78. The summed E-state index contributed by atoms with van der Waals surface area (Å²) in [5, 5.41) is 1.20. The number of unbranched alkanes of at least 4 members (excludes halogenated alkanes) is 3. The van der Waals surface area contributed by atoms with Crippen LogP contribution in [0.1, 0.15) is 64.3 Å². The number of morpholine rings is 2. The first-order valence-electron chi connectivity index (χ1n) is 15.7. The third-order valence-corrected chi connectivity index (χ3v) is 24.5. The number of nitrogens with zero attached hydrogens (tertiary/aromatic N) is 6. The van der Waals surface area contributed by atoms with E-state index in [1.54, 1.807) is 0 Å². The summed E-state index contributed by atoms with van der Waals surface area (Å²) in [5.41, 5.74) is 1.03. The van der Waals surface area contributed by atoms with E-state index in [1.807, 2.05) is 11.3 Å². The fourth-order valence-corrected chi connectivity index (χ4v) is 22.5. The summed E-state index contributed by atoms with van der Waals surface area (Å²) in [5.74, 6) is 1.10. The molecule has 3 fully saturated rings. The molecule has 5 heterocycles. The van der Waals surface area contributed by atoms with E-state index in [0.29, 0.717) is 6.04 Å². The predicted octanol–water partition coefficient (Wildman–Crippen LogP) is 4.50. The third kappa shape index (κ3) is 7.25. The van der Waals surface area contributed by atoms with Crippen molar-refractivity contribution in [1.82, 2.24) is 24.8 Å². The quantitative estimate of drug-likeness (QED) is 0.274. The molecule has 0 unspecified atom stereocenters. The molecule has 0 atom stereocenters. The van der Waals surface area contributed by atoms with Crippen molar-refractivity contribution >= 4 is 49.7 Å². The van der Waals surface area contributed by atoms with E-state index in [4.69, 9.17) is 24.4 Å². The van der Waals surface area contributed by atoms with Crippen LogP contribution < -0.4 is 8.74 Å². The minimum absolute atomic E-state index is 0.670. The molecule has 0 saturated carbocycles. The van der Waals surface area contributed by atoms with E-state index in [2.05, 4.69) is 35.5 Å². The van der Waals surface area contributed by atoms with E-state index < -0.39 is 18.4 Å². The summed E-state index contributed by atoms with van der Waals surface area (Å²) in [6.07, 6.45) is 7.77. The van der Waals surface area contributed by atoms with Gasteiger partial charge < -0.3 is 4.74 Å². The summed E-state index contributed by atoms with van der Waals surface area (Å²) in [6.45, 7) is 17.4. The number of ether oxygens (including phenoxy) is 2. The Balaban J connectivity index is 1.44. The molecule has 3 saturated heterocycles. The maximum atomic E-state index is 5.72. The molecule has 2 aromatic rings. The van der Waals surface area contributed by atoms with Crippen LogP contribution in [0, 0.1) is 0 Å². The Hall–Kier alpha value is -0.591. The monoisotopic (exact) mass is 666 g/mol. The number of fused-ring (bicyclic) bond motifs is 1. The molecular weight excluding hydrogens is 615 g/mol. The molecule has 39 heavy (non-hydrogen) atoms. The molecule has 0 N–H and O–H groups in total. The van der Waals surface area contributed by atoms with Crippen LogP contribution in [0.5, 0.6) is 0 Å². The van der Waals surface area contributed by atoms with Crippen LogP contribution in [0.3, 0.4) is 0 Å². The SMILES string of the molecule is CCC[CH2][Sn]([CH2]CCC)([CH2]CCC)[c]1nc(N2CCOCC2)c2nc(CN3CC(N4CCOCC4)C3)sc2n1. The van der Waals surface area contributed by atoms with Gasteiger partial charge in [0.25, 0.3) is 0 Å². The predicted molar refractivity (Wildman–Crippen MR) is 164 cm³/mol. The van der Waals surface area contributed by atoms with Crippen molar-refractivity contribution < 1.29 is 9.47 Å². The molecule has 8 nitrogen and oxygen atoms in total. The summed E-state index contributed by atoms with van der Waals surface area (Å²) < 4.78 is 16.7. The molecule has 0 aliphatic carbocycles. The standard InChI is InChI=1S/C17H23N6O2S.3C4H9.Sn/c1-5-24-6-2-22(1)13-9-21(10-13)11-14-20-15-16(18-12-19-17(15)26-14)23-3-7-25-8-4-23;3*1-3-4-2;/h13H,1-11H2;3*1,3-4H2,2H3;. The van der Waals surface area contributed by atoms with Gasteiger partial charge in [-0.25, -0.2) is 0 Å². The van der Waals surface area contributed by atoms with Gasteiger partial charge in [-0.3, -0.25) is 0 Å². The van der Waals surface area contributed by atoms with Gasteiger partial charge >= 0.3 is 240 Å². The van der Waals surface area contributed by atoms with Gasteiger partial charge in [0.2, 0.25) is 0 Å². The number of aromatic nitrogens is 3. The molecule has 3 aliphatic heterocycles. The van der Waals surface area contributed by atoms with Gasteiger partial charge in [0.05, 0.1) is 0 Å². The number of hydrogen-bond donors (Lipinski definition) is 0. The molecule has 0 spiro atoms. The number of rotatable bonds is 14. The Bertz CT molecular complexity index is 1010. The second-order valence-electron chi connectivity index (χ2n) is 11.8. The number of likely N-dealkylation sites (tertiary alicyclic amines) is 1. The van der Waals surface area contributed by atoms with Gasteiger partial charge in [-0.05, 0) is 0 Å². The van der Waals surface area contributed by atoms with E-state index in [1.165, 1.54) is 60.7 Å². The van der Waals surface area contributed by atoms with E-state index >= 15 is 0 Å². The first-order chi connectivity index (χ1) is 19.2. The van der Waals surface area contributed by atoms with Crippen LogP contribution >= 0.6 is 11.3 Å². The van der Waals surface area contributed by atoms with Crippen LogP contribution in [0.15, 0.2) is 0 Å². The molecule has 0 aromatic carbocycles. The first kappa shape index (κ1) is 29.9. The zero-order valence-corrected chi connectivity index (χ0v) is 28.3. The Kier molecular flexibility index (Phi) is 11.1. The van der Waals surface area contributed by atoms with Crippen LogP contribution in [0.4, 0.5) is 5.82 Å². The third-order valence-electron chi connectivity index (χ3n) is 8.96. The Labute approximate surface area is 243 Å². The molecule has 10 heteroatoms. The van der Waals surface area contributed by atoms with Gasteiger partial charge in [0, 0.05) is 0 Å². The van der Waals surface area contributed by atoms with Gasteiger partial charge in [-0.15, -0.1) is 0 Å². The molecular formula is C29H50N6O2SSn. The van der Waals surface area contributed by atoms with E-state index in [9.17, 15) is 0 Å². The average molecular weight is 666 g/mol. The normalized spacial score (nSPS) is 20.1. The van der Waals surface area contributed by atoms with Crippen molar-refractivity contribution in [2.45, 2.75) is 85.2 Å². The topological polar surface area (TPSA) is 66.9 Å². The second-order valence-corrected chi connectivity index (χ2v) is 25.7. The van der Waals surface area contributed by atoms with Gasteiger partial charge in [-0.2, -0.15) is 0 Å². The zero-order chi connectivity index (χ0) is 27.1. The van der Waals surface area contributed by atoms with Crippen LogP contribution in [-0.2, 0) is 16.0 Å². The summed E-state index contributed by atoms with van der Waals surface area (Å²) in [4.78, 5) is 24.9. The maximum absolute atomic E-state index is 5.72. The van der Waals surface area contributed by atoms with Crippen molar-refractivity contribution in [3.63, 3.8) is 0 Å². The molecule has 2 aromatic heterocycles. The molecule has 3 aliphatic rings. The van der Waals surface area contributed by atoms with Crippen molar-refractivity contribution in [2.24, 2.45) is 0 Å². The number of thiazole rings is 1. The molecule has 218 valence electrons. The van der Waals surface area contributed by atoms with Crippen molar-refractivity contribution in [3.8, 4) is 0 Å². The zero-order valence-electron chi connectivity index (χ0n) is 24.6. The van der Waals surface area contributed by atoms with Crippen molar-refractivity contribution in [2.75, 3.05) is 70.6 Å². The summed E-state index contributed by atoms with van der Waals surface area (Å²) >= 11 is -0.954. The second kappa shape index (κ2) is 14.5. The molecule has 0 bridgehead atoms. The van der Waals surface area contributed by atoms with E-state index in [0.717, 1.165) is 88.4 Å². The number of anilines is 1. The fraction of sp³-hybridized carbons (Fsp3) is 0.828. The van der Waals surface area contributed by atoms with Gasteiger partial charge in [-0.1, -0.05) is 0 Å². The summed E-state index contributed by atoms with van der Waals surface area (Å²) in [7, 11) is 0. The first-order valence-corrected chi connectivity index (χ1v) is 24.0. The van der Waals surface area contributed by atoms with Crippen LogP contribution in [0.25, 0.3) is 10.3 Å². The summed E-state index contributed by atoms with van der Waals surface area (Å²) in [6, 6.07) is 0.670.